The molecule has 0 spiro atoms. The van der Waals surface area contributed by atoms with E-state index in [1.165, 1.54) is 45.1 Å². The van der Waals surface area contributed by atoms with Crippen molar-refractivity contribution in [3.05, 3.63) is 194 Å². The molecule has 2 unspecified atom stereocenters. The largest absolute Gasteiger partial charge is 0.313 e. The second-order valence-electron chi connectivity index (χ2n) is 14.6. The summed E-state index contributed by atoms with van der Waals surface area (Å²) in [6.45, 7) is 0. The van der Waals surface area contributed by atoms with Crippen molar-refractivity contribution in [3.8, 4) is 33.6 Å². The predicted octanol–water partition coefficient (Wildman–Crippen LogP) is 13.3. The maximum Gasteiger partial charge on any atom is 0.0973 e. The second kappa shape index (κ2) is 12.8. The Bertz CT molecular complexity index is 2940. The number of fused-ring (bicyclic) bond motifs is 5. The summed E-state index contributed by atoms with van der Waals surface area (Å²) in [7, 11) is 0. The lowest BCUT2D eigenvalue weighted by Crippen LogP contribution is -2.10. The number of aromatic nitrogens is 3. The van der Waals surface area contributed by atoms with Gasteiger partial charge >= 0.3 is 0 Å². The Morgan fingerprint density at radius 2 is 1.00 bits per heavy atom. The zero-order valence-electron chi connectivity index (χ0n) is 30.1. The van der Waals surface area contributed by atoms with Gasteiger partial charge in [0.25, 0.3) is 0 Å². The Kier molecular flexibility index (Phi) is 7.34. The summed E-state index contributed by atoms with van der Waals surface area (Å²) in [6, 6.07) is 62.6. The first-order valence-corrected chi connectivity index (χ1v) is 19.1. The van der Waals surface area contributed by atoms with Gasteiger partial charge in [-0.15, -0.1) is 0 Å². The van der Waals surface area contributed by atoms with Gasteiger partial charge in [-0.3, -0.25) is 0 Å². The number of hydrogen-bond donors (Lipinski definition) is 0. The Labute approximate surface area is 320 Å². The lowest BCUT2D eigenvalue weighted by atomic mass is 10.0. The summed E-state index contributed by atoms with van der Waals surface area (Å²) in [5.74, 6) is 1.26. The minimum atomic E-state index is 0.594. The third-order valence-electron chi connectivity index (χ3n) is 11.3. The lowest BCUT2D eigenvalue weighted by Gasteiger charge is -2.26. The molecule has 0 amide bonds. The van der Waals surface area contributed by atoms with E-state index in [9.17, 15) is 0 Å². The minimum absolute atomic E-state index is 0.594. The van der Waals surface area contributed by atoms with Gasteiger partial charge in [0.05, 0.1) is 33.5 Å². The SMILES string of the molecule is C1=CC2CC2C(n2c3ccccc3c3cc(N(c4ccc(-c5ccccc5)cc4)c4ccc(-c5nc6ccccc6nc5-c5ccccc5)cc4)ccc32)=C1. The van der Waals surface area contributed by atoms with E-state index in [2.05, 4.69) is 173 Å². The molecule has 0 bridgehead atoms. The summed E-state index contributed by atoms with van der Waals surface area (Å²) in [6.07, 6.45) is 8.16. The maximum atomic E-state index is 5.18. The van der Waals surface area contributed by atoms with Gasteiger partial charge in [-0.1, -0.05) is 127 Å². The molecule has 2 heterocycles. The van der Waals surface area contributed by atoms with Crippen LogP contribution in [-0.4, -0.2) is 14.5 Å². The number of anilines is 3. The highest BCUT2D eigenvalue weighted by Crippen LogP contribution is 2.51. The van der Waals surface area contributed by atoms with E-state index in [1.54, 1.807) is 0 Å². The fourth-order valence-electron chi connectivity index (χ4n) is 8.45. The molecule has 1 saturated carbocycles. The van der Waals surface area contributed by atoms with Crippen LogP contribution in [0.3, 0.4) is 0 Å². The molecule has 0 N–H and O–H groups in total. The summed E-state index contributed by atoms with van der Waals surface area (Å²) in [4.78, 5) is 12.7. The van der Waals surface area contributed by atoms with E-state index in [0.29, 0.717) is 11.8 Å². The Morgan fingerprint density at radius 3 is 1.69 bits per heavy atom. The fourth-order valence-corrected chi connectivity index (χ4v) is 8.45. The highest BCUT2D eigenvalue weighted by atomic mass is 15.1. The number of benzene rings is 7. The van der Waals surface area contributed by atoms with Crippen molar-refractivity contribution in [1.29, 1.82) is 0 Å². The number of para-hydroxylation sites is 3. The highest BCUT2D eigenvalue weighted by molar-refractivity contribution is 6.11. The summed E-state index contributed by atoms with van der Waals surface area (Å²) < 4.78 is 2.51. The molecular formula is C51H36N4. The fraction of sp³-hybridized carbons (Fsp3) is 0.0588. The first-order chi connectivity index (χ1) is 27.3. The number of hydrogen-bond acceptors (Lipinski definition) is 3. The van der Waals surface area contributed by atoms with Crippen LogP contribution in [0.5, 0.6) is 0 Å². The van der Waals surface area contributed by atoms with Crippen LogP contribution in [0.2, 0.25) is 0 Å². The molecule has 4 heteroatoms. The first kappa shape index (κ1) is 31.5. The normalized spacial score (nSPS) is 16.0. The highest BCUT2D eigenvalue weighted by Gasteiger charge is 2.40. The van der Waals surface area contributed by atoms with Crippen LogP contribution in [0, 0.1) is 11.8 Å². The quantitative estimate of drug-likeness (QED) is 0.166. The first-order valence-electron chi connectivity index (χ1n) is 19.1. The molecule has 9 aromatic rings. The van der Waals surface area contributed by atoms with Crippen LogP contribution in [0.4, 0.5) is 17.1 Å². The molecule has 2 atom stereocenters. The molecule has 1 fully saturated rings. The number of rotatable bonds is 7. The van der Waals surface area contributed by atoms with Crippen LogP contribution in [0.25, 0.3) is 72.2 Å². The summed E-state index contributed by atoms with van der Waals surface area (Å²) in [5.41, 5.74) is 15.1. The molecule has 2 aliphatic carbocycles. The molecule has 2 aromatic heterocycles. The zero-order valence-corrected chi connectivity index (χ0v) is 30.1. The van der Waals surface area contributed by atoms with Gasteiger partial charge in [0.15, 0.2) is 0 Å². The Morgan fingerprint density at radius 1 is 0.473 bits per heavy atom. The van der Waals surface area contributed by atoms with E-state index in [0.717, 1.165) is 50.6 Å². The van der Waals surface area contributed by atoms with Gasteiger partial charge in [-0.05, 0) is 90.2 Å². The maximum absolute atomic E-state index is 5.18. The van der Waals surface area contributed by atoms with Crippen molar-refractivity contribution in [2.75, 3.05) is 4.90 Å². The van der Waals surface area contributed by atoms with Crippen molar-refractivity contribution < 1.29 is 0 Å². The van der Waals surface area contributed by atoms with Crippen molar-refractivity contribution in [3.63, 3.8) is 0 Å². The number of allylic oxidation sites excluding steroid dienone is 4. The van der Waals surface area contributed by atoms with Crippen molar-refractivity contribution >= 4 is 55.6 Å². The predicted molar refractivity (Wildman–Crippen MR) is 229 cm³/mol. The molecule has 11 rings (SSSR count). The van der Waals surface area contributed by atoms with E-state index in [4.69, 9.17) is 9.97 Å². The third-order valence-corrected chi connectivity index (χ3v) is 11.3. The average molecular weight is 705 g/mol. The van der Waals surface area contributed by atoms with Crippen LogP contribution >= 0.6 is 0 Å². The van der Waals surface area contributed by atoms with Gasteiger partial charge < -0.3 is 9.47 Å². The summed E-state index contributed by atoms with van der Waals surface area (Å²) >= 11 is 0. The van der Waals surface area contributed by atoms with E-state index in [1.807, 2.05) is 30.3 Å². The van der Waals surface area contributed by atoms with Crippen LogP contribution in [0.15, 0.2) is 194 Å². The van der Waals surface area contributed by atoms with Gasteiger partial charge in [0, 0.05) is 50.6 Å². The molecule has 260 valence electrons. The Balaban J connectivity index is 1.06. The molecule has 2 aliphatic rings. The van der Waals surface area contributed by atoms with Crippen LogP contribution in [-0.2, 0) is 0 Å². The van der Waals surface area contributed by atoms with Crippen molar-refractivity contribution in [2.45, 2.75) is 6.42 Å². The van der Waals surface area contributed by atoms with Gasteiger partial charge in [0.1, 0.15) is 0 Å². The third kappa shape index (κ3) is 5.45. The minimum Gasteiger partial charge on any atom is -0.313 e. The number of nitrogens with zero attached hydrogens (tertiary/aromatic N) is 4. The zero-order chi connectivity index (χ0) is 36.3. The average Bonchev–Trinajstić information content (AvgIpc) is 3.99. The van der Waals surface area contributed by atoms with Crippen molar-refractivity contribution in [2.24, 2.45) is 11.8 Å². The van der Waals surface area contributed by atoms with E-state index >= 15 is 0 Å². The summed E-state index contributed by atoms with van der Waals surface area (Å²) in [5, 5.41) is 2.52. The van der Waals surface area contributed by atoms with Gasteiger partial charge in [-0.25, -0.2) is 9.97 Å². The van der Waals surface area contributed by atoms with Gasteiger partial charge in [-0.2, -0.15) is 0 Å². The van der Waals surface area contributed by atoms with Crippen molar-refractivity contribution in [1.82, 2.24) is 14.5 Å². The monoisotopic (exact) mass is 704 g/mol. The van der Waals surface area contributed by atoms with E-state index < -0.39 is 0 Å². The Hall–Kier alpha value is -7.04. The molecule has 0 aliphatic heterocycles. The molecule has 0 saturated heterocycles. The molecule has 0 radical (unpaired) electrons. The second-order valence-corrected chi connectivity index (χ2v) is 14.6. The molecule has 7 aromatic carbocycles. The smallest absolute Gasteiger partial charge is 0.0973 e. The lowest BCUT2D eigenvalue weighted by molar-refractivity contribution is 0.935. The molecule has 4 nitrogen and oxygen atoms in total. The van der Waals surface area contributed by atoms with E-state index in [-0.39, 0.29) is 0 Å². The van der Waals surface area contributed by atoms with Crippen LogP contribution in [0.1, 0.15) is 6.42 Å². The molecular weight excluding hydrogens is 669 g/mol. The topological polar surface area (TPSA) is 34.0 Å². The standard InChI is InChI=1S/C51H36N4/c1-3-12-34(13-4-1)35-22-26-39(27-23-35)54(41-30-31-49-44(33-41)42-17-7-10-20-47(42)55(49)48-21-11-16-38-32-43(38)48)40-28-24-37(25-29-40)51-50(36-14-5-2-6-15-36)52-45-18-8-9-19-46(45)53-51/h1-31,33,38,43H,32H2. The van der Waals surface area contributed by atoms with Gasteiger partial charge in [0.2, 0.25) is 0 Å². The molecule has 55 heavy (non-hydrogen) atoms. The van der Waals surface area contributed by atoms with Crippen LogP contribution < -0.4 is 4.90 Å².